The lowest BCUT2D eigenvalue weighted by Crippen LogP contribution is -2.45. The van der Waals surface area contributed by atoms with Crippen molar-refractivity contribution in [1.82, 2.24) is 5.32 Å². The van der Waals surface area contributed by atoms with Gasteiger partial charge in [-0.25, -0.2) is 4.79 Å². The number of para-hydroxylation sites is 1. The van der Waals surface area contributed by atoms with Crippen LogP contribution in [0.5, 0.6) is 0 Å². The highest BCUT2D eigenvalue weighted by molar-refractivity contribution is 5.99. The van der Waals surface area contributed by atoms with E-state index in [0.717, 1.165) is 40.7 Å². The van der Waals surface area contributed by atoms with Gasteiger partial charge in [0.05, 0.1) is 6.42 Å². The molecule has 3 aromatic rings. The second-order valence-electron chi connectivity index (χ2n) is 8.52. The van der Waals surface area contributed by atoms with Gasteiger partial charge in [0.15, 0.2) is 0 Å². The summed E-state index contributed by atoms with van der Waals surface area (Å²) in [5.41, 5.74) is 5.88. The number of rotatable bonds is 9. The highest BCUT2D eigenvalue weighted by Crippen LogP contribution is 2.44. The molecule has 0 radical (unpaired) electrons. The summed E-state index contributed by atoms with van der Waals surface area (Å²) in [6, 6.07) is 22.0. The molecule has 0 heterocycles. The summed E-state index contributed by atoms with van der Waals surface area (Å²) < 4.78 is 5.49. The van der Waals surface area contributed by atoms with Crippen molar-refractivity contribution in [3.05, 3.63) is 89.5 Å². The first kappa shape index (κ1) is 24.0. The van der Waals surface area contributed by atoms with Gasteiger partial charge in [0.2, 0.25) is 5.91 Å². The molecule has 2 amide bonds. The number of anilines is 1. The summed E-state index contributed by atoms with van der Waals surface area (Å²) in [7, 11) is 0. The van der Waals surface area contributed by atoms with Gasteiger partial charge in [-0.15, -0.1) is 0 Å². The van der Waals surface area contributed by atoms with Crippen molar-refractivity contribution in [3.8, 4) is 11.1 Å². The number of alkyl carbamates (subject to hydrolysis) is 1. The van der Waals surface area contributed by atoms with Gasteiger partial charge in [0, 0.05) is 11.6 Å². The number of benzene rings is 3. The van der Waals surface area contributed by atoms with E-state index in [-0.39, 0.29) is 12.5 Å². The van der Waals surface area contributed by atoms with Crippen molar-refractivity contribution in [3.63, 3.8) is 0 Å². The lowest BCUT2D eigenvalue weighted by atomic mass is 9.98. The molecule has 0 fully saturated rings. The maximum absolute atomic E-state index is 12.9. The fourth-order valence-electron chi connectivity index (χ4n) is 4.52. The second kappa shape index (κ2) is 10.9. The first-order valence-corrected chi connectivity index (χ1v) is 11.7. The van der Waals surface area contributed by atoms with Gasteiger partial charge in [-0.05, 0) is 40.3 Å². The molecule has 0 bridgehead atoms. The Hall–Kier alpha value is -4.13. The third kappa shape index (κ3) is 5.51. The molecule has 3 N–H and O–H groups in total. The molecule has 1 aliphatic carbocycles. The van der Waals surface area contributed by atoms with Gasteiger partial charge >= 0.3 is 12.1 Å². The number of hydrogen-bond donors (Lipinski definition) is 3. The van der Waals surface area contributed by atoms with Crippen molar-refractivity contribution >= 4 is 23.7 Å². The first-order chi connectivity index (χ1) is 17.0. The molecule has 1 aliphatic rings. The predicted octanol–water partition coefficient (Wildman–Crippen LogP) is 4.96. The van der Waals surface area contributed by atoms with E-state index in [1.807, 2.05) is 67.6 Å². The summed E-state index contributed by atoms with van der Waals surface area (Å²) in [6.45, 7) is 2.10. The lowest BCUT2D eigenvalue weighted by molar-refractivity contribution is -0.139. The number of amides is 2. The van der Waals surface area contributed by atoms with Crippen molar-refractivity contribution in [2.24, 2.45) is 0 Å². The van der Waals surface area contributed by atoms with Crippen LogP contribution in [-0.2, 0) is 20.7 Å². The largest absolute Gasteiger partial charge is 0.481 e. The Labute approximate surface area is 204 Å². The number of carbonyl (C=O) groups is 3. The third-order valence-electron chi connectivity index (χ3n) is 6.13. The Bertz CT molecular complexity index is 1190. The van der Waals surface area contributed by atoms with Crippen LogP contribution in [0, 0.1) is 0 Å². The zero-order valence-corrected chi connectivity index (χ0v) is 19.5. The minimum atomic E-state index is -1.28. The lowest BCUT2D eigenvalue weighted by Gasteiger charge is -2.19. The van der Waals surface area contributed by atoms with Crippen LogP contribution >= 0.6 is 0 Å². The minimum Gasteiger partial charge on any atom is -0.481 e. The van der Waals surface area contributed by atoms with Crippen molar-refractivity contribution in [2.75, 3.05) is 11.9 Å². The highest BCUT2D eigenvalue weighted by atomic mass is 16.5. The SMILES string of the molecule is CCCc1ccccc1NC(=O)C(CC(=O)O)NC(=O)OCC1c2ccccc2-c2ccccc21. The Morgan fingerprint density at radius 3 is 2.14 bits per heavy atom. The van der Waals surface area contributed by atoms with Crippen LogP contribution in [0.3, 0.4) is 0 Å². The normalized spacial score (nSPS) is 12.8. The van der Waals surface area contributed by atoms with Gasteiger partial charge in [0.25, 0.3) is 0 Å². The fourth-order valence-corrected chi connectivity index (χ4v) is 4.52. The number of carboxylic acids is 1. The van der Waals surface area contributed by atoms with E-state index in [0.29, 0.717) is 5.69 Å². The quantitative estimate of drug-likeness (QED) is 0.408. The number of ether oxygens (including phenoxy) is 1. The molecule has 1 atom stereocenters. The van der Waals surface area contributed by atoms with Crippen molar-refractivity contribution in [2.45, 2.75) is 38.1 Å². The zero-order chi connectivity index (χ0) is 24.8. The third-order valence-corrected chi connectivity index (χ3v) is 6.13. The van der Waals surface area contributed by atoms with Gasteiger partial charge in [-0.2, -0.15) is 0 Å². The van der Waals surface area contributed by atoms with E-state index in [9.17, 15) is 19.5 Å². The second-order valence-corrected chi connectivity index (χ2v) is 8.52. The number of carboxylic acid groups (broad SMARTS) is 1. The molecule has 3 aromatic carbocycles. The van der Waals surface area contributed by atoms with Gasteiger partial charge in [-0.1, -0.05) is 80.1 Å². The first-order valence-electron chi connectivity index (χ1n) is 11.7. The maximum Gasteiger partial charge on any atom is 0.407 e. The number of nitrogens with one attached hydrogen (secondary N) is 2. The number of fused-ring (bicyclic) bond motifs is 3. The van der Waals surface area contributed by atoms with Gasteiger partial charge in [-0.3, -0.25) is 9.59 Å². The minimum absolute atomic E-state index is 0.0700. The van der Waals surface area contributed by atoms with Gasteiger partial charge < -0.3 is 20.5 Å². The Morgan fingerprint density at radius 1 is 0.914 bits per heavy atom. The number of hydrogen-bond acceptors (Lipinski definition) is 4. The fraction of sp³-hybridized carbons (Fsp3) is 0.250. The Morgan fingerprint density at radius 2 is 1.51 bits per heavy atom. The maximum atomic E-state index is 12.9. The average molecular weight is 473 g/mol. The molecule has 180 valence electrons. The van der Waals surface area contributed by atoms with Crippen molar-refractivity contribution < 1.29 is 24.2 Å². The van der Waals surface area contributed by atoms with Crippen LogP contribution in [0.25, 0.3) is 11.1 Å². The molecule has 7 nitrogen and oxygen atoms in total. The smallest absolute Gasteiger partial charge is 0.407 e. The molecule has 0 aliphatic heterocycles. The van der Waals surface area contributed by atoms with Crippen LogP contribution in [0.15, 0.2) is 72.8 Å². The molecular formula is C28H28N2O5. The summed E-state index contributed by atoms with van der Waals surface area (Å²) in [5.74, 6) is -1.95. The molecule has 0 saturated carbocycles. The molecule has 0 aromatic heterocycles. The topological polar surface area (TPSA) is 105 Å². The number of carbonyl (C=O) groups excluding carboxylic acids is 2. The molecule has 0 saturated heterocycles. The monoisotopic (exact) mass is 472 g/mol. The summed E-state index contributed by atoms with van der Waals surface area (Å²) in [5, 5.41) is 14.5. The van der Waals surface area contributed by atoms with E-state index < -0.39 is 30.4 Å². The molecule has 0 spiro atoms. The number of aliphatic carboxylic acids is 1. The van der Waals surface area contributed by atoms with E-state index in [2.05, 4.69) is 10.6 Å². The molecular weight excluding hydrogens is 444 g/mol. The Balaban J connectivity index is 1.43. The predicted molar refractivity (Wildman–Crippen MR) is 133 cm³/mol. The van der Waals surface area contributed by atoms with E-state index in [1.54, 1.807) is 12.1 Å². The summed E-state index contributed by atoms with van der Waals surface area (Å²) in [4.78, 5) is 36.9. The van der Waals surface area contributed by atoms with Crippen LogP contribution < -0.4 is 10.6 Å². The van der Waals surface area contributed by atoms with E-state index in [1.165, 1.54) is 0 Å². The van der Waals surface area contributed by atoms with Crippen LogP contribution in [0.4, 0.5) is 10.5 Å². The van der Waals surface area contributed by atoms with E-state index in [4.69, 9.17) is 4.74 Å². The average Bonchev–Trinajstić information content (AvgIpc) is 3.17. The molecule has 4 rings (SSSR count). The summed E-state index contributed by atoms with van der Waals surface area (Å²) in [6.07, 6.45) is 0.255. The van der Waals surface area contributed by atoms with Crippen LogP contribution in [-0.4, -0.2) is 35.7 Å². The number of aryl methyl sites for hydroxylation is 1. The summed E-state index contributed by atoms with van der Waals surface area (Å²) >= 11 is 0. The van der Waals surface area contributed by atoms with Crippen LogP contribution in [0.2, 0.25) is 0 Å². The molecule has 1 unspecified atom stereocenters. The molecule has 35 heavy (non-hydrogen) atoms. The van der Waals surface area contributed by atoms with Crippen molar-refractivity contribution in [1.29, 1.82) is 0 Å². The van der Waals surface area contributed by atoms with Gasteiger partial charge in [0.1, 0.15) is 12.6 Å². The standard InChI is InChI=1S/C28H28N2O5/c1-2-9-18-10-3-8-15-24(18)29-27(33)25(16-26(31)32)30-28(34)35-17-23-21-13-6-4-11-19(21)20-12-5-7-14-22(20)23/h3-8,10-15,23,25H,2,9,16-17H2,1H3,(H,29,33)(H,30,34)(H,31,32). The zero-order valence-electron chi connectivity index (χ0n) is 19.5. The highest BCUT2D eigenvalue weighted by Gasteiger charge is 2.30. The van der Waals surface area contributed by atoms with Crippen LogP contribution in [0.1, 0.15) is 42.4 Å². The Kier molecular flexibility index (Phi) is 7.45. The molecule has 7 heteroatoms. The van der Waals surface area contributed by atoms with E-state index >= 15 is 0 Å².